The molecule has 0 radical (unpaired) electrons. The highest BCUT2D eigenvalue weighted by Crippen LogP contribution is 2.13. The van der Waals surface area contributed by atoms with Crippen LogP contribution in [0.25, 0.3) is 0 Å². The van der Waals surface area contributed by atoms with Crippen molar-refractivity contribution in [3.05, 3.63) is 11.5 Å². The van der Waals surface area contributed by atoms with Crippen LogP contribution in [-0.4, -0.2) is 28.7 Å². The van der Waals surface area contributed by atoms with E-state index >= 15 is 0 Å². The van der Waals surface area contributed by atoms with Gasteiger partial charge in [-0.3, -0.25) is 0 Å². The third-order valence-electron chi connectivity index (χ3n) is 4.42. The predicted octanol–water partition coefficient (Wildman–Crippen LogP) is 6.46. The van der Waals surface area contributed by atoms with Crippen molar-refractivity contribution >= 4 is 11.8 Å². The van der Waals surface area contributed by atoms with Gasteiger partial charge in [0, 0.05) is 5.75 Å². The quantitative estimate of drug-likeness (QED) is 0.260. The monoisotopic (exact) mass is 358 g/mol. The van der Waals surface area contributed by atoms with E-state index < -0.39 is 6.10 Å². The van der Waals surface area contributed by atoms with E-state index in [1.165, 1.54) is 89.9 Å². The number of aliphatic hydroxyl groups is 2. The first-order valence-electron chi connectivity index (χ1n) is 10.4. The molecule has 1 unspecified atom stereocenters. The maximum Gasteiger partial charge on any atom is 0.0864 e. The lowest BCUT2D eigenvalue weighted by molar-refractivity contribution is 0.113. The number of thioether (sulfide) groups is 1. The molecule has 144 valence electrons. The third-order valence-corrected chi connectivity index (χ3v) is 5.38. The zero-order valence-electron chi connectivity index (χ0n) is 16.1. The number of hydrogen-bond acceptors (Lipinski definition) is 3. The van der Waals surface area contributed by atoms with E-state index in [-0.39, 0.29) is 6.61 Å². The second-order valence-corrected chi connectivity index (χ2v) is 7.87. The van der Waals surface area contributed by atoms with E-state index in [1.807, 2.05) is 0 Å². The summed E-state index contributed by atoms with van der Waals surface area (Å²) in [6, 6.07) is 0. The standard InChI is InChI=1S/C21H42O2S/c1-2-3-4-5-6-7-8-9-10-11-12-13-14-15-16-17-18-24-20-21(23)19-22/h17-18,21-23H,2-16,19-20H2,1H3/b18-17+. The zero-order valence-corrected chi connectivity index (χ0v) is 16.9. The molecule has 0 aromatic carbocycles. The minimum atomic E-state index is -0.583. The molecule has 0 amide bonds. The maximum atomic E-state index is 9.19. The summed E-state index contributed by atoms with van der Waals surface area (Å²) in [5.74, 6) is 0.589. The molecule has 3 heteroatoms. The van der Waals surface area contributed by atoms with E-state index in [1.54, 1.807) is 11.8 Å². The first kappa shape index (κ1) is 24.0. The largest absolute Gasteiger partial charge is 0.394 e. The maximum absolute atomic E-state index is 9.19. The fourth-order valence-electron chi connectivity index (χ4n) is 2.81. The Balaban J connectivity index is 3.06. The smallest absolute Gasteiger partial charge is 0.0864 e. The van der Waals surface area contributed by atoms with Gasteiger partial charge in [-0.15, -0.1) is 11.8 Å². The van der Waals surface area contributed by atoms with Crippen molar-refractivity contribution in [2.24, 2.45) is 0 Å². The third kappa shape index (κ3) is 20.1. The molecule has 1 atom stereocenters. The van der Waals surface area contributed by atoms with Gasteiger partial charge in [0.1, 0.15) is 0 Å². The van der Waals surface area contributed by atoms with Gasteiger partial charge in [-0.25, -0.2) is 0 Å². The topological polar surface area (TPSA) is 40.5 Å². The second kappa shape index (κ2) is 21.1. The van der Waals surface area contributed by atoms with E-state index in [9.17, 15) is 5.11 Å². The van der Waals surface area contributed by atoms with Gasteiger partial charge in [-0.2, -0.15) is 0 Å². The molecule has 0 aliphatic heterocycles. The summed E-state index contributed by atoms with van der Waals surface area (Å²) >= 11 is 1.58. The Morgan fingerprint density at radius 3 is 1.67 bits per heavy atom. The second-order valence-electron chi connectivity index (χ2n) is 6.93. The van der Waals surface area contributed by atoms with E-state index in [0.717, 1.165) is 6.42 Å². The summed E-state index contributed by atoms with van der Waals surface area (Å²) in [7, 11) is 0. The summed E-state index contributed by atoms with van der Waals surface area (Å²) in [5, 5.41) is 19.9. The Labute approximate surface area is 155 Å². The molecule has 0 saturated carbocycles. The van der Waals surface area contributed by atoms with Gasteiger partial charge >= 0.3 is 0 Å². The Kier molecular flexibility index (Phi) is 21.1. The van der Waals surface area contributed by atoms with Gasteiger partial charge in [0.15, 0.2) is 0 Å². The molecule has 0 aliphatic rings. The summed E-state index contributed by atoms with van der Waals surface area (Å²) in [4.78, 5) is 0. The molecule has 0 aliphatic carbocycles. The van der Waals surface area contributed by atoms with Crippen molar-refractivity contribution in [3.63, 3.8) is 0 Å². The average molecular weight is 359 g/mol. The van der Waals surface area contributed by atoms with E-state index in [4.69, 9.17) is 5.11 Å². The van der Waals surface area contributed by atoms with Crippen molar-refractivity contribution in [1.82, 2.24) is 0 Å². The Bertz CT molecular complexity index is 256. The Morgan fingerprint density at radius 1 is 0.750 bits per heavy atom. The molecule has 24 heavy (non-hydrogen) atoms. The van der Waals surface area contributed by atoms with Crippen molar-refractivity contribution in [2.75, 3.05) is 12.4 Å². The van der Waals surface area contributed by atoms with Crippen LogP contribution < -0.4 is 0 Å². The molecule has 0 fully saturated rings. The highest BCUT2D eigenvalue weighted by atomic mass is 32.2. The zero-order chi connectivity index (χ0) is 17.7. The van der Waals surface area contributed by atoms with Crippen molar-refractivity contribution in [1.29, 1.82) is 0 Å². The van der Waals surface area contributed by atoms with Gasteiger partial charge < -0.3 is 10.2 Å². The Morgan fingerprint density at radius 2 is 1.21 bits per heavy atom. The van der Waals surface area contributed by atoms with Crippen LogP contribution in [-0.2, 0) is 0 Å². The number of rotatable bonds is 19. The SMILES string of the molecule is CCCCCCCCCCCCCCCC/C=C/SCC(O)CO. The van der Waals surface area contributed by atoms with Crippen molar-refractivity contribution < 1.29 is 10.2 Å². The molecule has 0 aromatic rings. The lowest BCUT2D eigenvalue weighted by Crippen LogP contribution is -2.13. The molecule has 0 saturated heterocycles. The fourth-order valence-corrected chi connectivity index (χ4v) is 3.52. The molecular weight excluding hydrogens is 316 g/mol. The molecule has 2 nitrogen and oxygen atoms in total. The van der Waals surface area contributed by atoms with Crippen LogP contribution in [0.5, 0.6) is 0 Å². The first-order valence-corrected chi connectivity index (χ1v) is 11.4. The highest BCUT2D eigenvalue weighted by molar-refractivity contribution is 8.02. The minimum absolute atomic E-state index is 0.139. The van der Waals surface area contributed by atoms with E-state index in [0.29, 0.717) is 5.75 Å². The molecule has 0 bridgehead atoms. The van der Waals surface area contributed by atoms with Gasteiger partial charge in [-0.05, 0) is 18.2 Å². The van der Waals surface area contributed by atoms with Gasteiger partial charge in [0.05, 0.1) is 12.7 Å². The van der Waals surface area contributed by atoms with E-state index in [2.05, 4.69) is 18.4 Å². The summed E-state index contributed by atoms with van der Waals surface area (Å²) < 4.78 is 0. The van der Waals surface area contributed by atoms with Gasteiger partial charge in [0.25, 0.3) is 0 Å². The predicted molar refractivity (Wildman–Crippen MR) is 110 cm³/mol. The van der Waals surface area contributed by atoms with Crippen LogP contribution in [0, 0.1) is 0 Å². The first-order chi connectivity index (χ1) is 11.8. The van der Waals surface area contributed by atoms with Gasteiger partial charge in [-0.1, -0.05) is 96.5 Å². The van der Waals surface area contributed by atoms with Crippen LogP contribution in [0.15, 0.2) is 11.5 Å². The van der Waals surface area contributed by atoms with Crippen LogP contribution >= 0.6 is 11.8 Å². The Hall–Kier alpha value is 0.01000. The molecule has 0 rings (SSSR count). The lowest BCUT2D eigenvalue weighted by atomic mass is 10.0. The molecular formula is C21H42O2S. The summed E-state index contributed by atoms with van der Waals surface area (Å²) in [6.45, 7) is 2.14. The lowest BCUT2D eigenvalue weighted by Gasteiger charge is -2.03. The number of hydrogen-bond donors (Lipinski definition) is 2. The molecule has 0 heterocycles. The van der Waals surface area contributed by atoms with Crippen LogP contribution in [0.4, 0.5) is 0 Å². The fraction of sp³-hybridized carbons (Fsp3) is 0.905. The number of unbranched alkanes of at least 4 members (excludes halogenated alkanes) is 14. The van der Waals surface area contributed by atoms with Crippen LogP contribution in [0.3, 0.4) is 0 Å². The summed E-state index contributed by atoms with van der Waals surface area (Å²) in [6.07, 6.45) is 22.4. The van der Waals surface area contributed by atoms with Gasteiger partial charge in [0.2, 0.25) is 0 Å². The van der Waals surface area contributed by atoms with Crippen molar-refractivity contribution in [3.8, 4) is 0 Å². The number of allylic oxidation sites excluding steroid dienone is 1. The van der Waals surface area contributed by atoms with Crippen molar-refractivity contribution in [2.45, 2.75) is 109 Å². The normalized spacial score (nSPS) is 13.0. The summed E-state index contributed by atoms with van der Waals surface area (Å²) in [5.41, 5.74) is 0. The molecule has 2 N–H and O–H groups in total. The molecule has 0 aromatic heterocycles. The highest BCUT2D eigenvalue weighted by Gasteiger charge is 1.98. The number of aliphatic hydroxyl groups excluding tert-OH is 2. The van der Waals surface area contributed by atoms with Crippen LogP contribution in [0.2, 0.25) is 0 Å². The molecule has 0 spiro atoms. The average Bonchev–Trinajstić information content (AvgIpc) is 2.60. The van der Waals surface area contributed by atoms with Crippen LogP contribution in [0.1, 0.15) is 103 Å². The minimum Gasteiger partial charge on any atom is -0.394 e.